The zero-order valence-corrected chi connectivity index (χ0v) is 8.84. The van der Waals surface area contributed by atoms with Crippen LogP contribution in [0.5, 0.6) is 0 Å². The second-order valence-corrected chi connectivity index (χ2v) is 3.54. The van der Waals surface area contributed by atoms with E-state index in [0.717, 1.165) is 22.5 Å². The van der Waals surface area contributed by atoms with Crippen LogP contribution >= 0.6 is 0 Å². The van der Waals surface area contributed by atoms with Crippen LogP contribution in [0.25, 0.3) is 16.8 Å². The molecule has 80 valence electrons. The quantitative estimate of drug-likeness (QED) is 0.780. The van der Waals surface area contributed by atoms with Crippen LogP contribution in [-0.2, 0) is 4.79 Å². The lowest BCUT2D eigenvalue weighted by atomic mass is 10.1. The van der Waals surface area contributed by atoms with Crippen molar-refractivity contribution in [3.63, 3.8) is 0 Å². The normalized spacial score (nSPS) is 11.1. The van der Waals surface area contributed by atoms with Gasteiger partial charge in [-0.2, -0.15) is 0 Å². The summed E-state index contributed by atoms with van der Waals surface area (Å²) in [5.74, 6) is -0.965. The van der Waals surface area contributed by atoms with Crippen molar-refractivity contribution in [2.75, 3.05) is 0 Å². The molecule has 0 aliphatic rings. The molecule has 0 fully saturated rings. The zero-order valence-electron chi connectivity index (χ0n) is 8.84. The van der Waals surface area contributed by atoms with Crippen molar-refractivity contribution in [3.05, 3.63) is 47.8 Å². The number of benzene rings is 1. The molecule has 2 aromatic rings. The molecular formula is C13H11NO2. The van der Waals surface area contributed by atoms with Gasteiger partial charge in [-0.1, -0.05) is 24.3 Å². The number of hydrogen-bond donors (Lipinski definition) is 1. The molecule has 1 heterocycles. The predicted molar refractivity (Wildman–Crippen MR) is 63.1 cm³/mol. The van der Waals surface area contributed by atoms with Gasteiger partial charge in [0.15, 0.2) is 0 Å². The summed E-state index contributed by atoms with van der Waals surface area (Å²) in [5.41, 5.74) is 1.57. The van der Waals surface area contributed by atoms with Crippen molar-refractivity contribution in [1.29, 1.82) is 0 Å². The highest BCUT2D eigenvalue weighted by atomic mass is 16.4. The van der Waals surface area contributed by atoms with Gasteiger partial charge in [0.1, 0.15) is 0 Å². The first-order valence-corrected chi connectivity index (χ1v) is 4.94. The van der Waals surface area contributed by atoms with Crippen molar-refractivity contribution in [3.8, 4) is 0 Å². The highest BCUT2D eigenvalue weighted by Gasteiger charge is 2.01. The van der Waals surface area contributed by atoms with Crippen LogP contribution in [0.3, 0.4) is 0 Å². The van der Waals surface area contributed by atoms with Crippen LogP contribution < -0.4 is 0 Å². The van der Waals surface area contributed by atoms with E-state index in [1.807, 2.05) is 37.3 Å². The smallest absolute Gasteiger partial charge is 0.328 e. The molecule has 3 nitrogen and oxygen atoms in total. The Balaban J connectivity index is 2.63. The highest BCUT2D eigenvalue weighted by molar-refractivity contribution is 5.93. The van der Waals surface area contributed by atoms with Crippen LogP contribution in [0.2, 0.25) is 0 Å². The SMILES string of the molecule is Cc1cc2ccccc2c(/C=C/C(=O)O)n1. The van der Waals surface area contributed by atoms with E-state index in [-0.39, 0.29) is 0 Å². The summed E-state index contributed by atoms with van der Waals surface area (Å²) in [6.07, 6.45) is 2.63. The summed E-state index contributed by atoms with van der Waals surface area (Å²) in [6, 6.07) is 9.77. The summed E-state index contributed by atoms with van der Waals surface area (Å²) >= 11 is 0. The molecule has 16 heavy (non-hydrogen) atoms. The molecule has 1 N–H and O–H groups in total. The molecule has 0 saturated heterocycles. The minimum absolute atomic E-state index is 0.693. The van der Waals surface area contributed by atoms with Crippen molar-refractivity contribution < 1.29 is 9.90 Å². The summed E-state index contributed by atoms with van der Waals surface area (Å²) in [5, 5.41) is 10.6. The number of carboxylic acid groups (broad SMARTS) is 1. The number of hydrogen-bond acceptors (Lipinski definition) is 2. The van der Waals surface area contributed by atoms with Gasteiger partial charge in [-0.15, -0.1) is 0 Å². The van der Waals surface area contributed by atoms with E-state index in [4.69, 9.17) is 5.11 Å². The fourth-order valence-electron chi connectivity index (χ4n) is 1.64. The first-order chi connectivity index (χ1) is 7.66. The maximum Gasteiger partial charge on any atom is 0.328 e. The van der Waals surface area contributed by atoms with Gasteiger partial charge in [0.2, 0.25) is 0 Å². The molecule has 1 aromatic heterocycles. The number of carboxylic acids is 1. The predicted octanol–water partition coefficient (Wildman–Crippen LogP) is 2.64. The van der Waals surface area contributed by atoms with E-state index >= 15 is 0 Å². The van der Waals surface area contributed by atoms with Gasteiger partial charge in [0, 0.05) is 17.2 Å². The molecule has 1 aromatic carbocycles. The number of aliphatic carboxylic acids is 1. The lowest BCUT2D eigenvalue weighted by molar-refractivity contribution is -0.131. The number of aromatic nitrogens is 1. The molecule has 0 radical (unpaired) electrons. The van der Waals surface area contributed by atoms with Gasteiger partial charge in [0.25, 0.3) is 0 Å². The monoisotopic (exact) mass is 213 g/mol. The Bertz CT molecular complexity index is 573. The van der Waals surface area contributed by atoms with Crippen molar-refractivity contribution in [2.45, 2.75) is 6.92 Å². The Morgan fingerprint density at radius 1 is 1.38 bits per heavy atom. The van der Waals surface area contributed by atoms with Gasteiger partial charge in [-0.25, -0.2) is 4.79 Å². The summed E-state index contributed by atoms with van der Waals surface area (Å²) in [4.78, 5) is 14.8. The van der Waals surface area contributed by atoms with Crippen molar-refractivity contribution in [1.82, 2.24) is 4.98 Å². The van der Waals surface area contributed by atoms with E-state index < -0.39 is 5.97 Å². The molecule has 0 spiro atoms. The van der Waals surface area contributed by atoms with Crippen LogP contribution in [-0.4, -0.2) is 16.1 Å². The van der Waals surface area contributed by atoms with Gasteiger partial charge < -0.3 is 5.11 Å². The van der Waals surface area contributed by atoms with E-state index in [1.54, 1.807) is 0 Å². The van der Waals surface area contributed by atoms with Gasteiger partial charge in [-0.3, -0.25) is 4.98 Å². The molecule has 0 unspecified atom stereocenters. The van der Waals surface area contributed by atoms with E-state index in [0.29, 0.717) is 5.69 Å². The summed E-state index contributed by atoms with van der Waals surface area (Å²) in [6.45, 7) is 1.89. The van der Waals surface area contributed by atoms with Gasteiger partial charge >= 0.3 is 5.97 Å². The van der Waals surface area contributed by atoms with Crippen LogP contribution in [0, 0.1) is 6.92 Å². The first kappa shape index (κ1) is 10.4. The molecule has 2 rings (SSSR count). The van der Waals surface area contributed by atoms with Crippen LogP contribution in [0.15, 0.2) is 36.4 Å². The minimum Gasteiger partial charge on any atom is -0.478 e. The van der Waals surface area contributed by atoms with E-state index in [2.05, 4.69) is 4.98 Å². The summed E-state index contributed by atoms with van der Waals surface area (Å²) < 4.78 is 0. The molecule has 0 bridgehead atoms. The molecule has 0 aliphatic carbocycles. The van der Waals surface area contributed by atoms with Gasteiger partial charge in [0.05, 0.1) is 5.69 Å². The van der Waals surface area contributed by atoms with E-state index in [1.165, 1.54) is 6.08 Å². The molecule has 3 heteroatoms. The standard InChI is InChI=1S/C13H11NO2/c1-9-8-10-4-2-3-5-11(10)12(14-9)6-7-13(15)16/h2-8H,1H3,(H,15,16)/b7-6+. The third-order valence-electron chi connectivity index (χ3n) is 2.28. The second kappa shape index (κ2) is 4.14. The number of fused-ring (bicyclic) bond motifs is 1. The Hall–Kier alpha value is -2.16. The fraction of sp³-hybridized carbons (Fsp3) is 0.0769. The van der Waals surface area contributed by atoms with Gasteiger partial charge in [-0.05, 0) is 24.5 Å². The molecule has 0 amide bonds. The highest BCUT2D eigenvalue weighted by Crippen LogP contribution is 2.19. The van der Waals surface area contributed by atoms with Crippen molar-refractivity contribution >= 4 is 22.8 Å². The Morgan fingerprint density at radius 3 is 2.88 bits per heavy atom. The fourth-order valence-corrected chi connectivity index (χ4v) is 1.64. The van der Waals surface area contributed by atoms with Crippen LogP contribution in [0.4, 0.5) is 0 Å². The maximum atomic E-state index is 10.5. The molecular weight excluding hydrogens is 202 g/mol. The third-order valence-corrected chi connectivity index (χ3v) is 2.28. The Labute approximate surface area is 93.1 Å². The Kier molecular flexibility index (Phi) is 2.68. The average Bonchev–Trinajstić information content (AvgIpc) is 2.25. The zero-order chi connectivity index (χ0) is 11.5. The lowest BCUT2D eigenvalue weighted by Crippen LogP contribution is -1.90. The molecule has 0 aliphatic heterocycles. The number of nitrogens with zero attached hydrogens (tertiary/aromatic N) is 1. The average molecular weight is 213 g/mol. The third kappa shape index (κ3) is 2.08. The van der Waals surface area contributed by atoms with Crippen LogP contribution in [0.1, 0.15) is 11.4 Å². The number of rotatable bonds is 2. The lowest BCUT2D eigenvalue weighted by Gasteiger charge is -2.03. The van der Waals surface area contributed by atoms with E-state index in [9.17, 15) is 4.79 Å². The minimum atomic E-state index is -0.965. The summed E-state index contributed by atoms with van der Waals surface area (Å²) in [7, 11) is 0. The van der Waals surface area contributed by atoms with Crippen molar-refractivity contribution in [2.24, 2.45) is 0 Å². The second-order valence-electron chi connectivity index (χ2n) is 3.54. The number of pyridine rings is 1. The number of carbonyl (C=O) groups is 1. The Morgan fingerprint density at radius 2 is 2.12 bits per heavy atom. The topological polar surface area (TPSA) is 50.2 Å². The number of aryl methyl sites for hydroxylation is 1. The molecule has 0 atom stereocenters. The largest absolute Gasteiger partial charge is 0.478 e. The maximum absolute atomic E-state index is 10.5. The first-order valence-electron chi connectivity index (χ1n) is 4.94. The molecule has 0 saturated carbocycles.